The summed E-state index contributed by atoms with van der Waals surface area (Å²) in [5.41, 5.74) is 1.82. The molecule has 0 N–H and O–H groups in total. The van der Waals surface area contributed by atoms with Crippen LogP contribution in [0.25, 0.3) is 11.4 Å². The van der Waals surface area contributed by atoms with Crippen LogP contribution in [0.15, 0.2) is 95.0 Å². The molecule has 0 aliphatic rings. The molecule has 1 heterocycles. The van der Waals surface area contributed by atoms with Crippen molar-refractivity contribution in [2.45, 2.75) is 15.8 Å². The molecule has 0 atom stereocenters. The number of hydrogen-bond acceptors (Lipinski definition) is 5. The van der Waals surface area contributed by atoms with Gasteiger partial charge in [0.2, 0.25) is 5.16 Å². The van der Waals surface area contributed by atoms with E-state index in [9.17, 15) is 8.42 Å². The minimum atomic E-state index is -3.91. The van der Waals surface area contributed by atoms with Crippen LogP contribution in [0, 0.1) is 0 Å². The highest BCUT2D eigenvalue weighted by Crippen LogP contribution is 2.28. The zero-order chi connectivity index (χ0) is 20.3. The molecule has 0 bridgehead atoms. The summed E-state index contributed by atoms with van der Waals surface area (Å²) < 4.78 is 27.5. The SMILES string of the molecule is O=S(=O)(c1ccc(Cl)cc1)n1nc(-c2ccccc2)nc1SCc1ccccc1. The molecular weight excluding hydrogens is 426 g/mol. The Bertz CT molecular complexity index is 1210. The standard InChI is InChI=1S/C21H16ClN3O2S2/c22-18-11-13-19(14-12-18)29(26,27)25-21(28-15-16-7-3-1-4-8-16)23-20(24-25)17-9-5-2-6-10-17/h1-14H,15H2. The zero-order valence-corrected chi connectivity index (χ0v) is 17.5. The molecular formula is C21H16ClN3O2S2. The molecule has 0 aliphatic heterocycles. The third kappa shape index (κ3) is 4.37. The fourth-order valence-electron chi connectivity index (χ4n) is 2.67. The molecule has 0 radical (unpaired) electrons. The van der Waals surface area contributed by atoms with E-state index in [4.69, 9.17) is 11.6 Å². The van der Waals surface area contributed by atoms with Crippen molar-refractivity contribution in [3.05, 3.63) is 95.5 Å². The number of halogens is 1. The van der Waals surface area contributed by atoms with E-state index in [0.717, 1.165) is 15.2 Å². The van der Waals surface area contributed by atoms with Crippen molar-refractivity contribution in [2.24, 2.45) is 0 Å². The van der Waals surface area contributed by atoms with E-state index < -0.39 is 10.0 Å². The Hall–Kier alpha value is -2.61. The van der Waals surface area contributed by atoms with Gasteiger partial charge in [-0.2, -0.15) is 13.4 Å². The largest absolute Gasteiger partial charge is 0.285 e. The molecule has 4 aromatic rings. The maximum atomic E-state index is 13.2. The molecule has 0 aliphatic carbocycles. The van der Waals surface area contributed by atoms with Gasteiger partial charge in [-0.25, -0.2) is 0 Å². The summed E-state index contributed by atoms with van der Waals surface area (Å²) in [5.74, 6) is 0.933. The van der Waals surface area contributed by atoms with Crippen LogP contribution in [-0.4, -0.2) is 22.6 Å². The van der Waals surface area contributed by atoms with Gasteiger partial charge in [-0.3, -0.25) is 0 Å². The molecule has 0 fully saturated rings. The lowest BCUT2D eigenvalue weighted by atomic mass is 10.2. The number of nitrogens with zero attached hydrogens (tertiary/aromatic N) is 3. The highest BCUT2D eigenvalue weighted by atomic mass is 35.5. The Labute approximate surface area is 178 Å². The average molecular weight is 442 g/mol. The quantitative estimate of drug-likeness (QED) is 0.388. The summed E-state index contributed by atoms with van der Waals surface area (Å²) in [6.45, 7) is 0. The Morgan fingerprint density at radius 1 is 0.862 bits per heavy atom. The van der Waals surface area contributed by atoms with Crippen molar-refractivity contribution in [3.8, 4) is 11.4 Å². The highest BCUT2D eigenvalue weighted by Gasteiger charge is 2.25. The molecule has 146 valence electrons. The number of rotatable bonds is 6. The minimum absolute atomic E-state index is 0.105. The van der Waals surface area contributed by atoms with Gasteiger partial charge in [0, 0.05) is 16.3 Å². The summed E-state index contributed by atoms with van der Waals surface area (Å²) in [6.07, 6.45) is 0. The third-order valence-electron chi connectivity index (χ3n) is 4.13. The van der Waals surface area contributed by atoms with Crippen LogP contribution in [0.2, 0.25) is 5.02 Å². The smallest absolute Gasteiger partial charge is 0.200 e. The van der Waals surface area contributed by atoms with Gasteiger partial charge in [-0.05, 0) is 29.8 Å². The lowest BCUT2D eigenvalue weighted by Gasteiger charge is -2.07. The fraction of sp³-hybridized carbons (Fsp3) is 0.0476. The molecule has 5 nitrogen and oxygen atoms in total. The van der Waals surface area contributed by atoms with E-state index in [1.54, 1.807) is 12.1 Å². The van der Waals surface area contributed by atoms with Crippen molar-refractivity contribution in [1.82, 2.24) is 14.2 Å². The summed E-state index contributed by atoms with van der Waals surface area (Å²) in [6, 6.07) is 25.1. The van der Waals surface area contributed by atoms with E-state index in [0.29, 0.717) is 21.8 Å². The first kappa shape index (κ1) is 19.7. The summed E-state index contributed by atoms with van der Waals surface area (Å²) >= 11 is 7.23. The van der Waals surface area contributed by atoms with Gasteiger partial charge >= 0.3 is 0 Å². The van der Waals surface area contributed by atoms with Crippen molar-refractivity contribution in [1.29, 1.82) is 0 Å². The van der Waals surface area contributed by atoms with Crippen LogP contribution in [0.5, 0.6) is 0 Å². The zero-order valence-electron chi connectivity index (χ0n) is 15.1. The van der Waals surface area contributed by atoms with Crippen molar-refractivity contribution >= 4 is 33.4 Å². The van der Waals surface area contributed by atoms with Gasteiger partial charge in [0.1, 0.15) is 0 Å². The van der Waals surface area contributed by atoms with E-state index >= 15 is 0 Å². The Kier molecular flexibility index (Phi) is 5.71. The van der Waals surface area contributed by atoms with Crippen LogP contribution in [-0.2, 0) is 15.8 Å². The first-order chi connectivity index (χ1) is 14.0. The predicted octanol–water partition coefficient (Wildman–Crippen LogP) is 5.13. The summed E-state index contributed by atoms with van der Waals surface area (Å²) in [5, 5.41) is 5.10. The number of thioether (sulfide) groups is 1. The van der Waals surface area contributed by atoms with E-state index in [-0.39, 0.29) is 4.90 Å². The third-order valence-corrected chi connectivity index (χ3v) is 7.08. The molecule has 29 heavy (non-hydrogen) atoms. The van der Waals surface area contributed by atoms with Crippen molar-refractivity contribution in [3.63, 3.8) is 0 Å². The van der Waals surface area contributed by atoms with Crippen molar-refractivity contribution < 1.29 is 8.42 Å². The summed E-state index contributed by atoms with van der Waals surface area (Å²) in [4.78, 5) is 4.62. The van der Waals surface area contributed by atoms with E-state index in [1.165, 1.54) is 23.9 Å². The average Bonchev–Trinajstić information content (AvgIpc) is 3.19. The highest BCUT2D eigenvalue weighted by molar-refractivity contribution is 7.99. The molecule has 1 aromatic heterocycles. The number of aromatic nitrogens is 3. The van der Waals surface area contributed by atoms with Gasteiger partial charge in [0.25, 0.3) is 10.0 Å². The Morgan fingerprint density at radius 2 is 1.48 bits per heavy atom. The second-order valence-electron chi connectivity index (χ2n) is 6.16. The summed E-state index contributed by atoms with van der Waals surface area (Å²) in [7, 11) is -3.91. The van der Waals surface area contributed by atoms with Gasteiger partial charge in [0.05, 0.1) is 4.90 Å². The van der Waals surface area contributed by atoms with Gasteiger partial charge < -0.3 is 0 Å². The van der Waals surface area contributed by atoms with Crippen LogP contribution in [0.1, 0.15) is 5.56 Å². The molecule has 4 rings (SSSR count). The van der Waals surface area contributed by atoms with Crippen LogP contribution in [0.3, 0.4) is 0 Å². The molecule has 8 heteroatoms. The lowest BCUT2D eigenvalue weighted by Crippen LogP contribution is -2.16. The lowest BCUT2D eigenvalue weighted by molar-refractivity contribution is 0.573. The number of hydrogen-bond donors (Lipinski definition) is 0. The van der Waals surface area contributed by atoms with Gasteiger partial charge in [-0.15, -0.1) is 9.19 Å². The molecule has 0 spiro atoms. The fourth-order valence-corrected chi connectivity index (χ4v) is 5.15. The first-order valence-corrected chi connectivity index (χ1v) is 11.5. The van der Waals surface area contributed by atoms with Crippen molar-refractivity contribution in [2.75, 3.05) is 0 Å². The molecule has 0 saturated carbocycles. The van der Waals surface area contributed by atoms with E-state index in [1.807, 2.05) is 60.7 Å². The molecule has 0 amide bonds. The second kappa shape index (κ2) is 8.41. The minimum Gasteiger partial charge on any atom is -0.200 e. The molecule has 0 unspecified atom stereocenters. The maximum Gasteiger partial charge on any atom is 0.285 e. The second-order valence-corrected chi connectivity index (χ2v) is 9.31. The Morgan fingerprint density at radius 3 is 2.14 bits per heavy atom. The predicted molar refractivity (Wildman–Crippen MR) is 115 cm³/mol. The maximum absolute atomic E-state index is 13.2. The first-order valence-electron chi connectivity index (χ1n) is 8.74. The Balaban J connectivity index is 1.76. The van der Waals surface area contributed by atoms with Crippen LogP contribution >= 0.6 is 23.4 Å². The molecule has 3 aromatic carbocycles. The monoisotopic (exact) mass is 441 g/mol. The molecule has 0 saturated heterocycles. The van der Waals surface area contributed by atoms with Crippen LogP contribution in [0.4, 0.5) is 0 Å². The van der Waals surface area contributed by atoms with Gasteiger partial charge in [-0.1, -0.05) is 84.0 Å². The topological polar surface area (TPSA) is 64.8 Å². The number of benzene rings is 3. The van der Waals surface area contributed by atoms with Crippen LogP contribution < -0.4 is 0 Å². The normalized spacial score (nSPS) is 11.5. The van der Waals surface area contributed by atoms with E-state index in [2.05, 4.69) is 10.1 Å². The van der Waals surface area contributed by atoms with Gasteiger partial charge in [0.15, 0.2) is 5.82 Å².